The average molecular weight is 621 g/mol. The summed E-state index contributed by atoms with van der Waals surface area (Å²) >= 11 is 6.30. The Bertz CT molecular complexity index is 1710. The molecule has 4 rings (SSSR count). The molecule has 2 amide bonds. The number of hydrogen-bond acceptors (Lipinski definition) is 7. The second-order valence-corrected chi connectivity index (χ2v) is 11.4. The third-order valence-electron chi connectivity index (χ3n) is 6.05. The number of amides is 2. The number of anilines is 2. The Balaban J connectivity index is 1.35. The first-order valence-corrected chi connectivity index (χ1v) is 14.8. The molecular weight excluding hydrogens is 592 g/mol. The molecule has 43 heavy (non-hydrogen) atoms. The number of carbonyl (C=O) groups is 2. The smallest absolute Gasteiger partial charge is 0.264 e. The quantitative estimate of drug-likeness (QED) is 0.169. The van der Waals surface area contributed by atoms with Crippen LogP contribution in [0.25, 0.3) is 0 Å². The Morgan fingerprint density at radius 2 is 1.58 bits per heavy atom. The lowest BCUT2D eigenvalue weighted by atomic mass is 10.2. The van der Waals surface area contributed by atoms with Gasteiger partial charge in [-0.3, -0.25) is 13.9 Å². The third-order valence-corrected chi connectivity index (χ3v) is 8.14. The number of nitrogens with one attached hydrogen (secondary N) is 2. The van der Waals surface area contributed by atoms with Gasteiger partial charge in [0.2, 0.25) is 0 Å². The summed E-state index contributed by atoms with van der Waals surface area (Å²) in [6, 6.07) is 26.4. The first-order valence-electron chi connectivity index (χ1n) is 13.0. The van der Waals surface area contributed by atoms with E-state index in [1.165, 1.54) is 31.5 Å². The first kappa shape index (κ1) is 31.1. The van der Waals surface area contributed by atoms with Gasteiger partial charge in [-0.25, -0.2) is 13.8 Å². The second kappa shape index (κ2) is 14.3. The lowest BCUT2D eigenvalue weighted by Crippen LogP contribution is -2.39. The maximum atomic E-state index is 13.5. The Kier molecular flexibility index (Phi) is 10.4. The summed E-state index contributed by atoms with van der Waals surface area (Å²) in [5, 5.41) is 6.85. The fourth-order valence-electron chi connectivity index (χ4n) is 3.87. The van der Waals surface area contributed by atoms with Gasteiger partial charge in [0.25, 0.3) is 21.8 Å². The molecule has 2 N–H and O–H groups in total. The van der Waals surface area contributed by atoms with Gasteiger partial charge in [-0.1, -0.05) is 53.6 Å². The van der Waals surface area contributed by atoms with E-state index in [-0.39, 0.29) is 28.1 Å². The van der Waals surface area contributed by atoms with Crippen LogP contribution in [0.15, 0.2) is 107 Å². The molecule has 10 nitrogen and oxygen atoms in total. The number of sulfonamides is 1. The van der Waals surface area contributed by atoms with Gasteiger partial charge in [-0.05, 0) is 73.2 Å². The maximum Gasteiger partial charge on any atom is 0.264 e. The minimum Gasteiger partial charge on any atom is -0.495 e. The highest BCUT2D eigenvalue weighted by Gasteiger charge is 2.28. The zero-order valence-corrected chi connectivity index (χ0v) is 24.9. The van der Waals surface area contributed by atoms with E-state index < -0.39 is 22.5 Å². The van der Waals surface area contributed by atoms with Gasteiger partial charge in [0.1, 0.15) is 18.0 Å². The molecule has 4 aromatic carbocycles. The van der Waals surface area contributed by atoms with E-state index in [9.17, 15) is 18.0 Å². The number of benzene rings is 4. The third kappa shape index (κ3) is 8.34. The number of hydrazone groups is 1. The van der Waals surface area contributed by atoms with Crippen molar-refractivity contribution in [3.63, 3.8) is 0 Å². The monoisotopic (exact) mass is 620 g/mol. The van der Waals surface area contributed by atoms with Crippen molar-refractivity contribution in [2.45, 2.75) is 11.8 Å². The van der Waals surface area contributed by atoms with Crippen LogP contribution >= 0.6 is 11.6 Å². The highest BCUT2D eigenvalue weighted by Crippen LogP contribution is 2.30. The van der Waals surface area contributed by atoms with Crippen LogP contribution in [-0.2, 0) is 19.6 Å². The molecule has 0 aliphatic rings. The number of halogens is 1. The SMILES string of the molecule is COc1ccccc1NC(=O)COc1ccc(/C=N\NC(=O)CN(c2ccccc2Cl)S(=O)(=O)c2ccc(C)cc2)cc1. The zero-order chi connectivity index (χ0) is 30.8. The van der Waals surface area contributed by atoms with Crippen molar-refractivity contribution < 1.29 is 27.5 Å². The van der Waals surface area contributed by atoms with E-state index in [1.807, 2.05) is 6.92 Å². The van der Waals surface area contributed by atoms with Gasteiger partial charge < -0.3 is 14.8 Å². The normalized spacial score (nSPS) is 11.1. The molecule has 0 atom stereocenters. The van der Waals surface area contributed by atoms with Gasteiger partial charge in [-0.2, -0.15) is 5.10 Å². The van der Waals surface area contributed by atoms with Crippen molar-refractivity contribution in [3.8, 4) is 11.5 Å². The van der Waals surface area contributed by atoms with E-state index in [4.69, 9.17) is 21.1 Å². The standard InChI is InChI=1S/C31H29ClN4O6S/c1-22-11-17-25(18-12-22)43(39,40)36(28-9-5-3-7-26(28)32)20-30(37)35-33-19-23-13-15-24(16-14-23)42-21-31(38)34-27-8-4-6-10-29(27)41-2/h3-19H,20-21H2,1-2H3,(H,34,38)(H,35,37)/b33-19-. The Hall–Kier alpha value is -4.87. The summed E-state index contributed by atoms with van der Waals surface area (Å²) in [5.41, 5.74) is 4.58. The minimum absolute atomic E-state index is 0.0221. The number of aryl methyl sites for hydroxylation is 1. The first-order chi connectivity index (χ1) is 20.7. The van der Waals surface area contributed by atoms with Crippen LogP contribution in [0, 0.1) is 6.92 Å². The number of nitrogens with zero attached hydrogens (tertiary/aromatic N) is 2. The summed E-state index contributed by atoms with van der Waals surface area (Å²) in [4.78, 5) is 25.1. The van der Waals surface area contributed by atoms with Crippen LogP contribution in [0.5, 0.6) is 11.5 Å². The van der Waals surface area contributed by atoms with Crippen LogP contribution in [0.4, 0.5) is 11.4 Å². The minimum atomic E-state index is -4.12. The molecule has 0 radical (unpaired) electrons. The van der Waals surface area contributed by atoms with Crippen LogP contribution in [0.1, 0.15) is 11.1 Å². The van der Waals surface area contributed by atoms with E-state index in [2.05, 4.69) is 15.8 Å². The molecule has 0 bridgehead atoms. The van der Waals surface area contributed by atoms with Crippen molar-refractivity contribution >= 4 is 51.0 Å². The predicted octanol–water partition coefficient (Wildman–Crippen LogP) is 5.02. The van der Waals surface area contributed by atoms with Crippen LogP contribution in [-0.4, -0.2) is 46.7 Å². The number of ether oxygens (including phenoxy) is 2. The number of methoxy groups -OCH3 is 1. The Morgan fingerprint density at radius 3 is 2.28 bits per heavy atom. The van der Waals surface area contributed by atoms with E-state index in [0.717, 1.165) is 9.87 Å². The maximum absolute atomic E-state index is 13.5. The zero-order valence-electron chi connectivity index (χ0n) is 23.4. The molecule has 0 aromatic heterocycles. The highest BCUT2D eigenvalue weighted by atomic mass is 35.5. The molecule has 4 aromatic rings. The molecule has 0 spiro atoms. The van der Waals surface area contributed by atoms with E-state index in [1.54, 1.807) is 78.9 Å². The number of rotatable bonds is 12. The van der Waals surface area contributed by atoms with Gasteiger partial charge >= 0.3 is 0 Å². The predicted molar refractivity (Wildman–Crippen MR) is 166 cm³/mol. The highest BCUT2D eigenvalue weighted by molar-refractivity contribution is 7.92. The summed E-state index contributed by atoms with van der Waals surface area (Å²) in [5.74, 6) is -0.0370. The molecule has 222 valence electrons. The van der Waals surface area contributed by atoms with Crippen molar-refractivity contribution in [1.29, 1.82) is 0 Å². The van der Waals surface area contributed by atoms with Gasteiger partial charge in [0, 0.05) is 0 Å². The second-order valence-electron chi connectivity index (χ2n) is 9.18. The summed E-state index contributed by atoms with van der Waals surface area (Å²) in [7, 11) is -2.60. The average Bonchev–Trinajstić information content (AvgIpc) is 3.00. The fourth-order valence-corrected chi connectivity index (χ4v) is 5.60. The van der Waals surface area contributed by atoms with Gasteiger partial charge in [0.05, 0.1) is 34.6 Å². The molecular formula is C31H29ClN4O6S. The van der Waals surface area contributed by atoms with E-state index in [0.29, 0.717) is 22.7 Å². The molecule has 0 aliphatic heterocycles. The lowest BCUT2D eigenvalue weighted by Gasteiger charge is -2.24. The molecule has 0 saturated carbocycles. The molecule has 0 unspecified atom stereocenters. The van der Waals surface area contributed by atoms with Gasteiger partial charge in [-0.15, -0.1) is 0 Å². The number of para-hydroxylation sites is 3. The Labute approximate surface area is 254 Å². The Morgan fingerprint density at radius 1 is 0.907 bits per heavy atom. The largest absolute Gasteiger partial charge is 0.495 e. The molecule has 0 heterocycles. The van der Waals surface area contributed by atoms with Crippen molar-refractivity contribution in [2.24, 2.45) is 5.10 Å². The van der Waals surface area contributed by atoms with Crippen LogP contribution < -0.4 is 24.5 Å². The van der Waals surface area contributed by atoms with Crippen molar-refractivity contribution in [1.82, 2.24) is 5.43 Å². The van der Waals surface area contributed by atoms with Crippen molar-refractivity contribution in [3.05, 3.63) is 113 Å². The van der Waals surface area contributed by atoms with E-state index >= 15 is 0 Å². The topological polar surface area (TPSA) is 126 Å². The summed E-state index contributed by atoms with van der Waals surface area (Å²) < 4.78 is 38.7. The number of carbonyl (C=O) groups excluding carboxylic acids is 2. The van der Waals surface area contributed by atoms with Crippen molar-refractivity contribution in [2.75, 3.05) is 29.9 Å². The summed E-state index contributed by atoms with van der Waals surface area (Å²) in [6.07, 6.45) is 1.39. The fraction of sp³-hybridized carbons (Fsp3) is 0.129. The molecule has 0 fully saturated rings. The molecule has 12 heteroatoms. The number of hydrogen-bond donors (Lipinski definition) is 2. The lowest BCUT2D eigenvalue weighted by molar-refractivity contribution is -0.119. The summed E-state index contributed by atoms with van der Waals surface area (Å²) in [6.45, 7) is 1.08. The molecule has 0 saturated heterocycles. The van der Waals surface area contributed by atoms with Gasteiger partial charge in [0.15, 0.2) is 6.61 Å². The van der Waals surface area contributed by atoms with Crippen LogP contribution in [0.2, 0.25) is 5.02 Å². The molecule has 0 aliphatic carbocycles. The van der Waals surface area contributed by atoms with Crippen LogP contribution in [0.3, 0.4) is 0 Å².